The summed E-state index contributed by atoms with van der Waals surface area (Å²) in [6.45, 7) is 4.36. The molecule has 0 aromatic carbocycles. The highest BCUT2D eigenvalue weighted by Gasteiger charge is 2.53. The number of fused-ring (bicyclic) bond motifs is 8. The second-order valence-corrected chi connectivity index (χ2v) is 19.9. The predicted molar refractivity (Wildman–Crippen MR) is 230 cm³/mol. The van der Waals surface area contributed by atoms with E-state index in [1.165, 1.54) is 13.3 Å². The van der Waals surface area contributed by atoms with Gasteiger partial charge < -0.3 is 14.2 Å². The van der Waals surface area contributed by atoms with E-state index in [1.807, 2.05) is 19.1 Å². The number of ether oxygens (including phenoxy) is 3. The van der Waals surface area contributed by atoms with E-state index in [2.05, 4.69) is 30.4 Å². The van der Waals surface area contributed by atoms with Crippen molar-refractivity contribution in [1.82, 2.24) is 0 Å². The summed E-state index contributed by atoms with van der Waals surface area (Å²) in [5, 5.41) is 0. The van der Waals surface area contributed by atoms with E-state index in [0.29, 0.717) is 57.0 Å². The van der Waals surface area contributed by atoms with Crippen LogP contribution in [0, 0.1) is 71.0 Å². The molecule has 0 aromatic rings. The Morgan fingerprint density at radius 2 is 0.818 bits per heavy atom. The first-order valence-corrected chi connectivity index (χ1v) is 23.4. The van der Waals surface area contributed by atoms with E-state index in [0.717, 1.165) is 38.5 Å². The Kier molecular flexibility index (Phi) is 19.1. The molecule has 0 radical (unpaired) electrons. The van der Waals surface area contributed by atoms with Crippen LogP contribution in [0.1, 0.15) is 125 Å². The van der Waals surface area contributed by atoms with Crippen LogP contribution in [0.3, 0.4) is 0 Å². The molecule has 6 nitrogen and oxygen atoms in total. The lowest BCUT2D eigenvalue weighted by Crippen LogP contribution is -2.36. The Labute approximate surface area is 383 Å². The quantitative estimate of drug-likeness (QED) is 0.0625. The zero-order chi connectivity index (χ0) is 48.0. The lowest BCUT2D eigenvalue weighted by atomic mass is 9.85. The molecule has 12 atom stereocenters. The highest BCUT2D eigenvalue weighted by Crippen LogP contribution is 2.53. The summed E-state index contributed by atoms with van der Waals surface area (Å²) in [7, 11) is 0. The van der Waals surface area contributed by atoms with Crippen molar-refractivity contribution in [3.8, 4) is 0 Å². The standard InChI is InChI=1S/C14H18F4O2.C13H18F2O2.C11H14F4.C11H16O2.CH4/c1-13(15,16)8-14(17,18)4-5-20-12(19)11-7-9-2-3-10(11)6-9;1-2-13(14,15)5-6-17-12(16)11-8-9-3-4-10(11)7-9;1-10(12,13)6-11(14,15)9-5-7-2-3-8(9)4-7;1-2-5-13-11(12)10-7-8-3-4-9(10)6-8;/h2-3,9-11H,4-8H2,1H3;3-4,9-11H,2,5-8H2,1H3;2-3,7-9H,4-6H2,1H3;3-4,8-10H,2,5-7H2,1H3;1H4. The molecule has 0 N–H and O–H groups in total. The SMILES string of the molecule is C.CC(F)(F)CC(F)(F)C1CC2C=CC1C2.CC(F)(F)CC(F)(F)CCOC(=O)C1CC2C=CC1C2.CCC(F)(F)CCOC(=O)C1CC2C=CC1C2.CCCOC(=O)C1CC2C=CC1C2. The minimum Gasteiger partial charge on any atom is -0.465 e. The minimum atomic E-state index is -3.52. The fourth-order valence-corrected chi connectivity index (χ4v) is 10.8. The molecule has 8 bridgehead atoms. The summed E-state index contributed by atoms with van der Waals surface area (Å²) >= 11 is 0. The van der Waals surface area contributed by atoms with Gasteiger partial charge in [-0.1, -0.05) is 69.9 Å². The van der Waals surface area contributed by atoms with Crippen LogP contribution in [0.15, 0.2) is 48.6 Å². The molecule has 8 aliphatic rings. The monoisotopic (exact) mass is 957 g/mol. The van der Waals surface area contributed by atoms with E-state index < -0.39 is 67.4 Å². The van der Waals surface area contributed by atoms with Crippen LogP contribution < -0.4 is 0 Å². The van der Waals surface area contributed by atoms with Gasteiger partial charge in [-0.25, -0.2) is 43.9 Å². The Bertz CT molecular complexity index is 1730. The molecule has 0 aliphatic heterocycles. The zero-order valence-corrected chi connectivity index (χ0v) is 37.8. The van der Waals surface area contributed by atoms with Crippen LogP contribution in [-0.4, -0.2) is 67.3 Å². The first-order valence-electron chi connectivity index (χ1n) is 23.4. The van der Waals surface area contributed by atoms with Crippen molar-refractivity contribution in [2.45, 2.75) is 155 Å². The Balaban J connectivity index is 0.000000193. The van der Waals surface area contributed by atoms with E-state index in [9.17, 15) is 58.3 Å². The summed E-state index contributed by atoms with van der Waals surface area (Å²) in [4.78, 5) is 35.0. The molecule has 4 saturated carbocycles. The average molecular weight is 957 g/mol. The summed E-state index contributed by atoms with van der Waals surface area (Å²) in [6.07, 6.45) is 19.7. The molecule has 0 saturated heterocycles. The highest BCUT2D eigenvalue weighted by atomic mass is 19.3. The molecule has 12 unspecified atom stereocenters. The summed E-state index contributed by atoms with van der Waals surface area (Å²) in [5.41, 5.74) is 0. The summed E-state index contributed by atoms with van der Waals surface area (Å²) in [5.74, 6) is -15.6. The van der Waals surface area contributed by atoms with Crippen LogP contribution in [-0.2, 0) is 28.6 Å². The van der Waals surface area contributed by atoms with E-state index in [-0.39, 0.29) is 80.2 Å². The van der Waals surface area contributed by atoms with Crippen molar-refractivity contribution in [3.63, 3.8) is 0 Å². The van der Waals surface area contributed by atoms with E-state index in [4.69, 9.17) is 14.2 Å². The number of esters is 3. The maximum atomic E-state index is 13.6. The van der Waals surface area contributed by atoms with Gasteiger partial charge in [0.1, 0.15) is 0 Å². The van der Waals surface area contributed by atoms with Gasteiger partial charge in [0, 0.05) is 25.2 Å². The normalized spacial score (nSPS) is 31.7. The van der Waals surface area contributed by atoms with Crippen LogP contribution >= 0.6 is 0 Å². The molecular formula is C50H70F10O6. The highest BCUT2D eigenvalue weighted by molar-refractivity contribution is 5.75. The fourth-order valence-electron chi connectivity index (χ4n) is 10.8. The first-order chi connectivity index (χ1) is 30.3. The number of hydrogen-bond acceptors (Lipinski definition) is 6. The van der Waals surface area contributed by atoms with Crippen molar-refractivity contribution in [2.24, 2.45) is 71.0 Å². The second-order valence-electron chi connectivity index (χ2n) is 19.9. The molecule has 16 heteroatoms. The molecular weight excluding hydrogens is 887 g/mol. The number of carbonyl (C=O) groups excluding carboxylic acids is 3. The lowest BCUT2D eigenvalue weighted by molar-refractivity contribution is -0.154. The number of alkyl halides is 10. The van der Waals surface area contributed by atoms with Gasteiger partial charge in [0.2, 0.25) is 0 Å². The molecule has 376 valence electrons. The summed E-state index contributed by atoms with van der Waals surface area (Å²) < 4.78 is 145. The van der Waals surface area contributed by atoms with Gasteiger partial charge >= 0.3 is 17.9 Å². The fraction of sp³-hybridized carbons (Fsp3) is 0.780. The van der Waals surface area contributed by atoms with Crippen LogP contribution in [0.5, 0.6) is 0 Å². The number of halogens is 10. The van der Waals surface area contributed by atoms with Gasteiger partial charge in [-0.15, -0.1) is 0 Å². The zero-order valence-electron chi connectivity index (χ0n) is 37.8. The first kappa shape index (κ1) is 55.3. The maximum Gasteiger partial charge on any atom is 0.309 e. The van der Waals surface area contributed by atoms with Gasteiger partial charge in [0.25, 0.3) is 29.6 Å². The Morgan fingerprint density at radius 3 is 1.11 bits per heavy atom. The molecule has 8 aliphatic carbocycles. The van der Waals surface area contributed by atoms with E-state index in [1.54, 1.807) is 6.08 Å². The molecule has 0 amide bonds. The third-order valence-electron chi connectivity index (χ3n) is 14.1. The maximum absolute atomic E-state index is 13.6. The molecule has 66 heavy (non-hydrogen) atoms. The topological polar surface area (TPSA) is 78.9 Å². The van der Waals surface area contributed by atoms with Crippen molar-refractivity contribution in [1.29, 1.82) is 0 Å². The number of allylic oxidation sites excluding steroid dienone is 8. The van der Waals surface area contributed by atoms with Gasteiger partial charge in [0.05, 0.1) is 50.4 Å². The van der Waals surface area contributed by atoms with Crippen molar-refractivity contribution >= 4 is 17.9 Å². The number of carbonyl (C=O) groups is 3. The molecule has 4 fully saturated rings. The van der Waals surface area contributed by atoms with E-state index >= 15 is 0 Å². The number of rotatable bonds is 17. The van der Waals surface area contributed by atoms with Crippen molar-refractivity contribution in [3.05, 3.63) is 48.6 Å². The lowest BCUT2D eigenvalue weighted by Gasteiger charge is -2.30. The van der Waals surface area contributed by atoms with Crippen LogP contribution in [0.25, 0.3) is 0 Å². The van der Waals surface area contributed by atoms with Gasteiger partial charge in [-0.3, -0.25) is 14.4 Å². The van der Waals surface area contributed by atoms with Crippen LogP contribution in [0.2, 0.25) is 0 Å². The van der Waals surface area contributed by atoms with Gasteiger partial charge in [0.15, 0.2) is 0 Å². The second kappa shape index (κ2) is 22.9. The molecule has 0 heterocycles. The predicted octanol–water partition coefficient (Wildman–Crippen LogP) is 13.7. The summed E-state index contributed by atoms with van der Waals surface area (Å²) in [6, 6.07) is 0. The molecule has 0 aromatic heterocycles. The minimum absolute atomic E-state index is 0. The Hall–Kier alpha value is -3.33. The van der Waals surface area contributed by atoms with Crippen LogP contribution in [0.4, 0.5) is 43.9 Å². The molecule has 8 rings (SSSR count). The largest absolute Gasteiger partial charge is 0.465 e. The molecule has 0 spiro atoms. The number of hydrogen-bond donors (Lipinski definition) is 0. The van der Waals surface area contributed by atoms with Gasteiger partial charge in [-0.2, -0.15) is 0 Å². The van der Waals surface area contributed by atoms with Crippen molar-refractivity contribution < 1.29 is 72.5 Å². The third kappa shape index (κ3) is 16.1. The third-order valence-corrected chi connectivity index (χ3v) is 14.1. The Morgan fingerprint density at radius 1 is 0.470 bits per heavy atom. The van der Waals surface area contributed by atoms with Crippen molar-refractivity contribution in [2.75, 3.05) is 19.8 Å². The van der Waals surface area contributed by atoms with Gasteiger partial charge in [-0.05, 0) is 119 Å². The smallest absolute Gasteiger partial charge is 0.309 e. The average Bonchev–Trinajstić information content (AvgIpc) is 4.08.